The Morgan fingerprint density at radius 1 is 0.783 bits per heavy atom. The molecule has 3 aromatic rings. The number of ether oxygens (including phenoxy) is 1. The van der Waals surface area contributed by atoms with Crippen molar-refractivity contribution < 1.29 is 9.15 Å². The fourth-order valence-corrected chi connectivity index (χ4v) is 2.49. The average molecular weight is 306 g/mol. The molecule has 0 saturated carbocycles. The molecule has 0 spiro atoms. The molecule has 23 heavy (non-hydrogen) atoms. The van der Waals surface area contributed by atoms with E-state index in [9.17, 15) is 0 Å². The molecule has 0 atom stereocenters. The zero-order valence-corrected chi connectivity index (χ0v) is 13.7. The van der Waals surface area contributed by atoms with Crippen molar-refractivity contribution in [2.45, 2.75) is 26.7 Å². The van der Waals surface area contributed by atoms with Gasteiger partial charge in [0.15, 0.2) is 0 Å². The molecular formula is C21H22O2. The van der Waals surface area contributed by atoms with Gasteiger partial charge in [-0.1, -0.05) is 49.7 Å². The summed E-state index contributed by atoms with van der Waals surface area (Å²) in [4.78, 5) is 0. The van der Waals surface area contributed by atoms with E-state index in [2.05, 4.69) is 43.3 Å². The van der Waals surface area contributed by atoms with Gasteiger partial charge in [0.2, 0.25) is 0 Å². The molecule has 0 saturated heterocycles. The SMILES string of the molecule is CCCCOc1ccc(-c2ccc(-c3ccc(C)o3)cc2)cc1. The summed E-state index contributed by atoms with van der Waals surface area (Å²) in [6, 6.07) is 20.7. The highest BCUT2D eigenvalue weighted by atomic mass is 16.5. The molecule has 1 aromatic heterocycles. The molecule has 0 aliphatic carbocycles. The van der Waals surface area contributed by atoms with Gasteiger partial charge in [-0.15, -0.1) is 0 Å². The molecule has 2 aromatic carbocycles. The minimum absolute atomic E-state index is 0.785. The third kappa shape index (κ3) is 3.84. The lowest BCUT2D eigenvalue weighted by Crippen LogP contribution is -1.95. The lowest BCUT2D eigenvalue weighted by Gasteiger charge is -2.07. The van der Waals surface area contributed by atoms with Crippen LogP contribution in [0.4, 0.5) is 0 Å². The van der Waals surface area contributed by atoms with Gasteiger partial charge in [0.1, 0.15) is 17.3 Å². The Kier molecular flexibility index (Phi) is 4.82. The summed E-state index contributed by atoms with van der Waals surface area (Å²) in [5.74, 6) is 2.78. The van der Waals surface area contributed by atoms with E-state index in [1.807, 2.05) is 31.2 Å². The third-order valence-electron chi connectivity index (χ3n) is 3.86. The van der Waals surface area contributed by atoms with Crippen molar-refractivity contribution in [3.8, 4) is 28.2 Å². The van der Waals surface area contributed by atoms with Gasteiger partial charge in [0, 0.05) is 5.56 Å². The molecule has 1 heterocycles. The molecule has 2 nitrogen and oxygen atoms in total. The number of unbranched alkanes of at least 4 members (excludes halogenated alkanes) is 1. The van der Waals surface area contributed by atoms with Crippen LogP contribution in [0, 0.1) is 6.92 Å². The van der Waals surface area contributed by atoms with Gasteiger partial charge in [-0.3, -0.25) is 0 Å². The highest BCUT2D eigenvalue weighted by Crippen LogP contribution is 2.27. The van der Waals surface area contributed by atoms with Crippen LogP contribution in [0.5, 0.6) is 5.75 Å². The predicted molar refractivity (Wildman–Crippen MR) is 94.7 cm³/mol. The first kappa shape index (κ1) is 15.4. The zero-order chi connectivity index (χ0) is 16.1. The van der Waals surface area contributed by atoms with Crippen LogP contribution in [0.2, 0.25) is 0 Å². The molecule has 0 amide bonds. The first-order valence-electron chi connectivity index (χ1n) is 8.16. The second kappa shape index (κ2) is 7.19. The van der Waals surface area contributed by atoms with Crippen LogP contribution in [0.3, 0.4) is 0 Å². The van der Waals surface area contributed by atoms with E-state index in [0.717, 1.165) is 42.3 Å². The topological polar surface area (TPSA) is 22.4 Å². The van der Waals surface area contributed by atoms with E-state index < -0.39 is 0 Å². The summed E-state index contributed by atoms with van der Waals surface area (Å²) in [7, 11) is 0. The summed E-state index contributed by atoms with van der Waals surface area (Å²) in [6.07, 6.45) is 2.25. The molecule has 0 bridgehead atoms. The fourth-order valence-electron chi connectivity index (χ4n) is 2.49. The van der Waals surface area contributed by atoms with Gasteiger partial charge < -0.3 is 9.15 Å². The zero-order valence-electron chi connectivity index (χ0n) is 13.7. The lowest BCUT2D eigenvalue weighted by molar-refractivity contribution is 0.309. The van der Waals surface area contributed by atoms with Crippen LogP contribution in [0.15, 0.2) is 65.1 Å². The second-order valence-corrected chi connectivity index (χ2v) is 5.71. The van der Waals surface area contributed by atoms with Gasteiger partial charge in [-0.2, -0.15) is 0 Å². The smallest absolute Gasteiger partial charge is 0.134 e. The number of hydrogen-bond donors (Lipinski definition) is 0. The molecule has 2 heteroatoms. The number of aryl methyl sites for hydroxylation is 1. The van der Waals surface area contributed by atoms with Crippen molar-refractivity contribution in [3.63, 3.8) is 0 Å². The quantitative estimate of drug-likeness (QED) is 0.513. The minimum Gasteiger partial charge on any atom is -0.494 e. The average Bonchev–Trinajstić information content (AvgIpc) is 3.02. The third-order valence-corrected chi connectivity index (χ3v) is 3.86. The van der Waals surface area contributed by atoms with Crippen molar-refractivity contribution in [3.05, 3.63) is 66.4 Å². The molecular weight excluding hydrogens is 284 g/mol. The van der Waals surface area contributed by atoms with E-state index in [-0.39, 0.29) is 0 Å². The van der Waals surface area contributed by atoms with Crippen LogP contribution in [-0.2, 0) is 0 Å². The van der Waals surface area contributed by atoms with E-state index in [4.69, 9.17) is 9.15 Å². The number of rotatable bonds is 6. The van der Waals surface area contributed by atoms with Gasteiger partial charge in [-0.05, 0) is 48.7 Å². The monoisotopic (exact) mass is 306 g/mol. The summed E-state index contributed by atoms with van der Waals surface area (Å²) < 4.78 is 11.4. The minimum atomic E-state index is 0.785. The van der Waals surface area contributed by atoms with Crippen molar-refractivity contribution in [1.29, 1.82) is 0 Å². The second-order valence-electron chi connectivity index (χ2n) is 5.71. The normalized spacial score (nSPS) is 10.7. The van der Waals surface area contributed by atoms with Crippen molar-refractivity contribution in [2.24, 2.45) is 0 Å². The number of benzene rings is 2. The standard InChI is InChI=1S/C21H22O2/c1-3-4-15-22-20-12-10-18(11-13-20)17-6-8-19(9-7-17)21-14-5-16(2)23-21/h5-14H,3-4,15H2,1-2H3. The van der Waals surface area contributed by atoms with E-state index >= 15 is 0 Å². The number of furan rings is 1. The Labute approximate surface area is 137 Å². The summed E-state index contributed by atoms with van der Waals surface area (Å²) in [6.45, 7) is 4.91. The molecule has 0 N–H and O–H groups in total. The molecule has 3 rings (SSSR count). The fraction of sp³-hybridized carbons (Fsp3) is 0.238. The Morgan fingerprint density at radius 3 is 1.96 bits per heavy atom. The van der Waals surface area contributed by atoms with Gasteiger partial charge >= 0.3 is 0 Å². The number of hydrogen-bond acceptors (Lipinski definition) is 2. The molecule has 0 radical (unpaired) electrons. The summed E-state index contributed by atoms with van der Waals surface area (Å²) in [5, 5.41) is 0. The van der Waals surface area contributed by atoms with E-state index in [0.29, 0.717) is 0 Å². The Morgan fingerprint density at radius 2 is 1.39 bits per heavy atom. The highest BCUT2D eigenvalue weighted by molar-refractivity contribution is 5.68. The maximum atomic E-state index is 5.70. The van der Waals surface area contributed by atoms with Crippen molar-refractivity contribution >= 4 is 0 Å². The molecule has 0 aliphatic rings. The predicted octanol–water partition coefficient (Wildman–Crippen LogP) is 6.10. The first-order valence-corrected chi connectivity index (χ1v) is 8.16. The Hall–Kier alpha value is -2.48. The Balaban J connectivity index is 1.71. The first-order chi connectivity index (χ1) is 11.3. The van der Waals surface area contributed by atoms with Gasteiger partial charge in [0.05, 0.1) is 6.61 Å². The maximum Gasteiger partial charge on any atom is 0.134 e. The van der Waals surface area contributed by atoms with Gasteiger partial charge in [-0.25, -0.2) is 0 Å². The van der Waals surface area contributed by atoms with Crippen LogP contribution in [0.25, 0.3) is 22.5 Å². The van der Waals surface area contributed by atoms with Crippen LogP contribution in [0.1, 0.15) is 25.5 Å². The van der Waals surface area contributed by atoms with Crippen LogP contribution >= 0.6 is 0 Å². The van der Waals surface area contributed by atoms with Crippen molar-refractivity contribution in [1.82, 2.24) is 0 Å². The largest absolute Gasteiger partial charge is 0.494 e. The van der Waals surface area contributed by atoms with Gasteiger partial charge in [0.25, 0.3) is 0 Å². The molecule has 0 unspecified atom stereocenters. The molecule has 0 aliphatic heterocycles. The molecule has 118 valence electrons. The van der Waals surface area contributed by atoms with Crippen molar-refractivity contribution in [2.75, 3.05) is 6.61 Å². The van der Waals surface area contributed by atoms with Crippen LogP contribution in [-0.4, -0.2) is 6.61 Å². The molecule has 0 fully saturated rings. The Bertz CT molecular complexity index is 736. The van der Waals surface area contributed by atoms with E-state index in [1.165, 1.54) is 11.1 Å². The summed E-state index contributed by atoms with van der Waals surface area (Å²) in [5.41, 5.74) is 3.48. The van der Waals surface area contributed by atoms with E-state index in [1.54, 1.807) is 0 Å². The lowest BCUT2D eigenvalue weighted by atomic mass is 10.0. The summed E-state index contributed by atoms with van der Waals surface area (Å²) >= 11 is 0. The maximum absolute atomic E-state index is 5.70. The highest BCUT2D eigenvalue weighted by Gasteiger charge is 2.04. The van der Waals surface area contributed by atoms with Crippen LogP contribution < -0.4 is 4.74 Å².